The summed E-state index contributed by atoms with van der Waals surface area (Å²) >= 11 is 11.6. The number of halogens is 2. The van der Waals surface area contributed by atoms with Crippen molar-refractivity contribution in [3.63, 3.8) is 0 Å². The first kappa shape index (κ1) is 19.6. The molecule has 0 atom stereocenters. The molecule has 0 radical (unpaired) electrons. The number of hydrogen-bond donors (Lipinski definition) is 1. The number of benzene rings is 2. The van der Waals surface area contributed by atoms with Crippen molar-refractivity contribution in [3.05, 3.63) is 58.1 Å². The van der Waals surface area contributed by atoms with Gasteiger partial charge in [0.05, 0.1) is 21.2 Å². The lowest BCUT2D eigenvalue weighted by Crippen LogP contribution is -2.21. The molecule has 0 amide bonds. The number of sulfonamides is 1. The van der Waals surface area contributed by atoms with Gasteiger partial charge in [0.2, 0.25) is 0 Å². The number of hydrazone groups is 1. The van der Waals surface area contributed by atoms with E-state index < -0.39 is 10.0 Å². The van der Waals surface area contributed by atoms with Crippen molar-refractivity contribution in [3.8, 4) is 0 Å². The van der Waals surface area contributed by atoms with Crippen molar-refractivity contribution in [2.75, 3.05) is 18.0 Å². The van der Waals surface area contributed by atoms with Gasteiger partial charge in [-0.05, 0) is 49.7 Å². The number of nitrogens with one attached hydrogen (secondary N) is 1. The van der Waals surface area contributed by atoms with Gasteiger partial charge in [0.25, 0.3) is 10.0 Å². The van der Waals surface area contributed by atoms with Gasteiger partial charge in [-0.1, -0.05) is 35.3 Å². The standard InChI is InChI=1S/C17H19Cl2N3O2S/c1-3-22(4-2)14-7-5-13(6-8-14)12-20-21-25(23,24)15-9-10-16(18)17(19)11-15/h5-12,21H,3-4H2,1-2H3/b20-12+. The first-order chi connectivity index (χ1) is 11.9. The van der Waals surface area contributed by atoms with Crippen LogP contribution in [0.25, 0.3) is 0 Å². The van der Waals surface area contributed by atoms with Gasteiger partial charge in [0, 0.05) is 18.8 Å². The second-order valence-electron chi connectivity index (χ2n) is 5.19. The summed E-state index contributed by atoms with van der Waals surface area (Å²) in [6.45, 7) is 6.04. The molecule has 134 valence electrons. The van der Waals surface area contributed by atoms with Crippen LogP contribution in [0.2, 0.25) is 10.0 Å². The molecule has 25 heavy (non-hydrogen) atoms. The fraction of sp³-hybridized carbons (Fsp3) is 0.235. The molecule has 8 heteroatoms. The summed E-state index contributed by atoms with van der Waals surface area (Å²) in [6.07, 6.45) is 1.45. The number of anilines is 1. The molecule has 0 spiro atoms. The molecule has 0 aliphatic heterocycles. The summed E-state index contributed by atoms with van der Waals surface area (Å²) in [5, 5.41) is 4.26. The van der Waals surface area contributed by atoms with Gasteiger partial charge in [-0.2, -0.15) is 13.5 Å². The normalized spacial score (nSPS) is 11.7. The van der Waals surface area contributed by atoms with Gasteiger partial charge < -0.3 is 4.90 Å². The Balaban J connectivity index is 2.08. The lowest BCUT2D eigenvalue weighted by atomic mass is 10.2. The molecular weight excluding hydrogens is 381 g/mol. The van der Waals surface area contributed by atoms with Crippen LogP contribution in [0.3, 0.4) is 0 Å². The Morgan fingerprint density at radius 3 is 2.24 bits per heavy atom. The molecule has 2 rings (SSSR count). The predicted octanol–water partition coefficient (Wildman–Crippen LogP) is 4.15. The molecule has 0 saturated heterocycles. The molecule has 0 bridgehead atoms. The zero-order chi connectivity index (χ0) is 18.4. The minimum absolute atomic E-state index is 0.00377. The molecule has 0 fully saturated rings. The minimum atomic E-state index is -3.80. The smallest absolute Gasteiger partial charge is 0.276 e. The van der Waals surface area contributed by atoms with Crippen LogP contribution in [0.4, 0.5) is 5.69 Å². The fourth-order valence-corrected chi connectivity index (χ4v) is 3.41. The third kappa shape index (κ3) is 5.11. The highest BCUT2D eigenvalue weighted by Crippen LogP contribution is 2.24. The molecule has 0 aliphatic carbocycles. The molecule has 0 aromatic heterocycles. The number of rotatable bonds is 7. The summed E-state index contributed by atoms with van der Waals surface area (Å²) in [5.41, 5.74) is 1.89. The third-order valence-electron chi connectivity index (χ3n) is 3.61. The van der Waals surface area contributed by atoms with Crippen LogP contribution < -0.4 is 9.73 Å². The van der Waals surface area contributed by atoms with E-state index in [0.717, 1.165) is 24.3 Å². The first-order valence-corrected chi connectivity index (χ1v) is 9.96. The SMILES string of the molecule is CCN(CC)c1ccc(/C=N/NS(=O)(=O)c2ccc(Cl)c(Cl)c2)cc1. The van der Waals surface area contributed by atoms with E-state index in [9.17, 15) is 8.42 Å². The van der Waals surface area contributed by atoms with Crippen molar-refractivity contribution in [2.45, 2.75) is 18.7 Å². The maximum Gasteiger partial charge on any atom is 0.276 e. The van der Waals surface area contributed by atoms with Gasteiger partial charge >= 0.3 is 0 Å². The van der Waals surface area contributed by atoms with E-state index in [1.54, 1.807) is 0 Å². The van der Waals surface area contributed by atoms with E-state index in [1.165, 1.54) is 24.4 Å². The highest BCUT2D eigenvalue weighted by atomic mass is 35.5. The lowest BCUT2D eigenvalue weighted by Gasteiger charge is -2.20. The maximum absolute atomic E-state index is 12.2. The molecule has 0 saturated carbocycles. The zero-order valence-electron chi connectivity index (χ0n) is 13.9. The lowest BCUT2D eigenvalue weighted by molar-refractivity contribution is 0.584. The van der Waals surface area contributed by atoms with Crippen LogP contribution >= 0.6 is 23.2 Å². The largest absolute Gasteiger partial charge is 0.372 e. The van der Waals surface area contributed by atoms with Crippen LogP contribution in [-0.2, 0) is 10.0 Å². The fourth-order valence-electron chi connectivity index (χ4n) is 2.23. The molecule has 1 N–H and O–H groups in total. The van der Waals surface area contributed by atoms with E-state index >= 15 is 0 Å². The van der Waals surface area contributed by atoms with Crippen LogP contribution in [-0.4, -0.2) is 27.7 Å². The minimum Gasteiger partial charge on any atom is -0.372 e. The highest BCUT2D eigenvalue weighted by Gasteiger charge is 2.14. The summed E-state index contributed by atoms with van der Waals surface area (Å²) in [4.78, 5) is 4.37. The average molecular weight is 400 g/mol. The second kappa shape index (κ2) is 8.56. The summed E-state index contributed by atoms with van der Waals surface area (Å²) < 4.78 is 24.3. The van der Waals surface area contributed by atoms with E-state index in [4.69, 9.17) is 23.2 Å². The Hall–Kier alpha value is -1.76. The van der Waals surface area contributed by atoms with Gasteiger partial charge in [-0.25, -0.2) is 4.83 Å². The summed E-state index contributed by atoms with van der Waals surface area (Å²) in [7, 11) is -3.80. The Bertz CT molecular complexity index is 849. The van der Waals surface area contributed by atoms with Crippen molar-refractivity contribution >= 4 is 45.1 Å². The van der Waals surface area contributed by atoms with Crippen LogP contribution in [0.15, 0.2) is 52.5 Å². The van der Waals surface area contributed by atoms with Gasteiger partial charge in [-0.3, -0.25) is 0 Å². The van der Waals surface area contributed by atoms with Crippen LogP contribution in [0, 0.1) is 0 Å². The Morgan fingerprint density at radius 1 is 1.04 bits per heavy atom. The van der Waals surface area contributed by atoms with Crippen molar-refractivity contribution in [2.24, 2.45) is 5.10 Å². The summed E-state index contributed by atoms with van der Waals surface area (Å²) in [5.74, 6) is 0. The van der Waals surface area contributed by atoms with E-state index in [-0.39, 0.29) is 14.9 Å². The number of nitrogens with zero attached hydrogens (tertiary/aromatic N) is 2. The van der Waals surface area contributed by atoms with Crippen molar-refractivity contribution in [1.29, 1.82) is 0 Å². The van der Waals surface area contributed by atoms with Gasteiger partial charge in [0.15, 0.2) is 0 Å². The predicted molar refractivity (Wildman–Crippen MR) is 104 cm³/mol. The Labute approximate surface area is 158 Å². The van der Waals surface area contributed by atoms with Crippen molar-refractivity contribution in [1.82, 2.24) is 4.83 Å². The molecule has 0 heterocycles. The quantitative estimate of drug-likeness (QED) is 0.561. The highest BCUT2D eigenvalue weighted by molar-refractivity contribution is 7.89. The van der Waals surface area contributed by atoms with Gasteiger partial charge in [0.1, 0.15) is 0 Å². The zero-order valence-corrected chi connectivity index (χ0v) is 16.2. The molecule has 0 unspecified atom stereocenters. The molecular formula is C17H19Cl2N3O2S. The Kier molecular flexibility index (Phi) is 6.70. The van der Waals surface area contributed by atoms with Gasteiger partial charge in [-0.15, -0.1) is 0 Å². The molecule has 2 aromatic rings. The Morgan fingerprint density at radius 2 is 1.68 bits per heavy atom. The summed E-state index contributed by atoms with van der Waals surface area (Å²) in [6, 6.07) is 11.8. The third-order valence-corrected chi connectivity index (χ3v) is 5.57. The number of hydrogen-bond acceptors (Lipinski definition) is 4. The molecule has 2 aromatic carbocycles. The first-order valence-electron chi connectivity index (χ1n) is 7.72. The van der Waals surface area contributed by atoms with Crippen molar-refractivity contribution < 1.29 is 8.42 Å². The molecule has 0 aliphatic rings. The van der Waals surface area contributed by atoms with Crippen LogP contribution in [0.1, 0.15) is 19.4 Å². The molecule has 5 nitrogen and oxygen atoms in total. The monoisotopic (exact) mass is 399 g/mol. The maximum atomic E-state index is 12.2. The van der Waals surface area contributed by atoms with E-state index in [2.05, 4.69) is 28.7 Å². The topological polar surface area (TPSA) is 61.8 Å². The van der Waals surface area contributed by atoms with E-state index in [1.807, 2.05) is 24.3 Å². The van der Waals surface area contributed by atoms with E-state index in [0.29, 0.717) is 0 Å². The average Bonchev–Trinajstić information content (AvgIpc) is 2.59. The van der Waals surface area contributed by atoms with Crippen LogP contribution in [0.5, 0.6) is 0 Å². The second-order valence-corrected chi connectivity index (χ2v) is 7.67.